The van der Waals surface area contributed by atoms with Crippen molar-refractivity contribution in [2.24, 2.45) is 0 Å². The normalized spacial score (nSPS) is 42.0. The second-order valence-corrected chi connectivity index (χ2v) is 4.57. The van der Waals surface area contributed by atoms with Crippen molar-refractivity contribution in [3.05, 3.63) is 0 Å². The summed E-state index contributed by atoms with van der Waals surface area (Å²) in [5, 5.41) is 2.95. The third-order valence-electron chi connectivity index (χ3n) is 2.42. The smallest absolute Gasteiger partial charge is 0.262 e. The highest BCUT2D eigenvalue weighted by Gasteiger charge is 2.50. The Morgan fingerprint density at radius 2 is 2.18 bits per heavy atom. The lowest BCUT2D eigenvalue weighted by Crippen LogP contribution is -2.39. The minimum atomic E-state index is -2.45. The van der Waals surface area contributed by atoms with Gasteiger partial charge in [-0.05, 0) is 12.2 Å². The van der Waals surface area contributed by atoms with E-state index in [1.54, 1.807) is 11.8 Å². The molecule has 11 heavy (non-hydrogen) atoms. The maximum Gasteiger partial charge on any atom is 0.262 e. The van der Waals surface area contributed by atoms with Crippen molar-refractivity contribution in [2.45, 2.75) is 24.3 Å². The van der Waals surface area contributed by atoms with Crippen LogP contribution >= 0.6 is 11.8 Å². The van der Waals surface area contributed by atoms with Crippen molar-refractivity contribution in [1.82, 2.24) is 5.32 Å². The molecule has 0 aromatic rings. The molecular formula is C7H11F2NS. The Bertz CT molecular complexity index is 166. The van der Waals surface area contributed by atoms with Gasteiger partial charge in [0, 0.05) is 17.7 Å². The van der Waals surface area contributed by atoms with Gasteiger partial charge in [-0.25, -0.2) is 8.78 Å². The van der Waals surface area contributed by atoms with E-state index in [4.69, 9.17) is 0 Å². The van der Waals surface area contributed by atoms with E-state index in [-0.39, 0.29) is 18.5 Å². The molecule has 1 spiro atoms. The zero-order chi connectivity index (χ0) is 7.95. The first-order valence-corrected chi connectivity index (χ1v) is 4.98. The monoisotopic (exact) mass is 179 g/mol. The molecule has 1 unspecified atom stereocenters. The van der Waals surface area contributed by atoms with Gasteiger partial charge in [-0.1, -0.05) is 0 Å². The minimum absolute atomic E-state index is 0.0486. The molecule has 0 aromatic heterocycles. The van der Waals surface area contributed by atoms with Gasteiger partial charge in [-0.3, -0.25) is 0 Å². The highest BCUT2D eigenvalue weighted by molar-refractivity contribution is 7.99. The molecule has 0 radical (unpaired) electrons. The number of halogens is 2. The third-order valence-corrected chi connectivity index (χ3v) is 3.67. The molecule has 2 saturated heterocycles. The molecule has 2 fully saturated rings. The largest absolute Gasteiger partial charge is 0.305 e. The van der Waals surface area contributed by atoms with Crippen LogP contribution in [0.1, 0.15) is 12.8 Å². The molecule has 1 N–H and O–H groups in total. The quantitative estimate of drug-likeness (QED) is 0.604. The Kier molecular flexibility index (Phi) is 1.65. The first-order valence-electron chi connectivity index (χ1n) is 3.83. The summed E-state index contributed by atoms with van der Waals surface area (Å²) < 4.78 is 25.5. The van der Waals surface area contributed by atoms with Crippen molar-refractivity contribution in [3.63, 3.8) is 0 Å². The summed E-state index contributed by atoms with van der Waals surface area (Å²) >= 11 is 1.78. The SMILES string of the molecule is FC1(F)CNC2(CCSC2)C1. The van der Waals surface area contributed by atoms with Gasteiger partial charge in [0.15, 0.2) is 0 Å². The predicted octanol–water partition coefficient (Wildman–Crippen LogP) is 1.49. The molecule has 0 amide bonds. The van der Waals surface area contributed by atoms with Crippen LogP contribution in [0.25, 0.3) is 0 Å². The number of nitrogens with one attached hydrogen (secondary N) is 1. The van der Waals surface area contributed by atoms with Crippen LogP contribution in [0.4, 0.5) is 8.78 Å². The average molecular weight is 179 g/mol. The standard InChI is InChI=1S/C7H11F2NS/c8-7(9)3-6(10-4-7)1-2-11-5-6/h10H,1-5H2. The lowest BCUT2D eigenvalue weighted by Gasteiger charge is -2.21. The first-order chi connectivity index (χ1) is 5.12. The van der Waals surface area contributed by atoms with Gasteiger partial charge in [-0.2, -0.15) is 11.8 Å². The van der Waals surface area contributed by atoms with Crippen LogP contribution in [0.15, 0.2) is 0 Å². The van der Waals surface area contributed by atoms with Crippen molar-refractivity contribution in [3.8, 4) is 0 Å². The fraction of sp³-hybridized carbons (Fsp3) is 1.00. The molecule has 4 heteroatoms. The average Bonchev–Trinajstić information content (AvgIpc) is 2.43. The summed E-state index contributed by atoms with van der Waals surface area (Å²) in [4.78, 5) is 0. The lowest BCUT2D eigenvalue weighted by atomic mass is 9.96. The molecule has 2 aliphatic rings. The summed E-state index contributed by atoms with van der Waals surface area (Å²) in [7, 11) is 0. The minimum Gasteiger partial charge on any atom is -0.305 e. The second-order valence-electron chi connectivity index (χ2n) is 3.47. The van der Waals surface area contributed by atoms with Gasteiger partial charge in [0.1, 0.15) is 0 Å². The zero-order valence-corrected chi connectivity index (χ0v) is 7.02. The van der Waals surface area contributed by atoms with Crippen LogP contribution in [0.2, 0.25) is 0 Å². The summed E-state index contributed by atoms with van der Waals surface area (Å²) in [5.41, 5.74) is -0.214. The Morgan fingerprint density at radius 1 is 1.36 bits per heavy atom. The zero-order valence-electron chi connectivity index (χ0n) is 6.20. The van der Waals surface area contributed by atoms with Gasteiger partial charge in [-0.15, -0.1) is 0 Å². The molecule has 2 heterocycles. The molecule has 1 nitrogen and oxygen atoms in total. The first kappa shape index (κ1) is 7.80. The molecule has 2 aliphatic heterocycles. The van der Waals surface area contributed by atoms with Gasteiger partial charge in [0.05, 0.1) is 6.54 Å². The fourth-order valence-corrected chi connectivity index (χ4v) is 3.24. The van der Waals surface area contributed by atoms with E-state index in [1.807, 2.05) is 0 Å². The maximum absolute atomic E-state index is 12.8. The van der Waals surface area contributed by atoms with Gasteiger partial charge >= 0.3 is 0 Å². The number of thioether (sulfide) groups is 1. The molecule has 0 aliphatic carbocycles. The molecule has 0 saturated carbocycles. The fourth-order valence-electron chi connectivity index (χ4n) is 1.82. The Hall–Kier alpha value is 0.170. The van der Waals surface area contributed by atoms with Gasteiger partial charge < -0.3 is 5.32 Å². The van der Waals surface area contributed by atoms with E-state index >= 15 is 0 Å². The Balaban J connectivity index is 2.07. The van der Waals surface area contributed by atoms with E-state index < -0.39 is 5.92 Å². The number of hydrogen-bond donors (Lipinski definition) is 1. The van der Waals surface area contributed by atoms with Gasteiger partial charge in [0.25, 0.3) is 5.92 Å². The third kappa shape index (κ3) is 1.38. The summed E-state index contributed by atoms with van der Waals surface area (Å²) in [6.07, 6.45) is 0.959. The van der Waals surface area contributed by atoms with Gasteiger partial charge in [0.2, 0.25) is 0 Å². The van der Waals surface area contributed by atoms with E-state index in [1.165, 1.54) is 0 Å². The molecule has 0 aromatic carbocycles. The van der Waals surface area contributed by atoms with E-state index in [9.17, 15) is 8.78 Å². The summed E-state index contributed by atoms with van der Waals surface area (Å²) in [5.74, 6) is -0.559. The Labute approximate surface area is 68.9 Å². The van der Waals surface area contributed by atoms with Crippen LogP contribution in [-0.4, -0.2) is 29.5 Å². The van der Waals surface area contributed by atoms with Crippen LogP contribution in [-0.2, 0) is 0 Å². The molecule has 1 atom stereocenters. The van der Waals surface area contributed by atoms with Crippen LogP contribution < -0.4 is 5.32 Å². The Morgan fingerprint density at radius 3 is 2.64 bits per heavy atom. The lowest BCUT2D eigenvalue weighted by molar-refractivity contribution is 0.0171. The molecule has 2 rings (SSSR count). The highest BCUT2D eigenvalue weighted by Crippen LogP contribution is 2.40. The van der Waals surface area contributed by atoms with Crippen molar-refractivity contribution in [2.75, 3.05) is 18.1 Å². The number of hydrogen-bond acceptors (Lipinski definition) is 2. The number of alkyl halides is 2. The molecular weight excluding hydrogens is 168 g/mol. The maximum atomic E-state index is 12.8. The highest BCUT2D eigenvalue weighted by atomic mass is 32.2. The molecule has 64 valence electrons. The van der Waals surface area contributed by atoms with Crippen LogP contribution in [0.3, 0.4) is 0 Å². The topological polar surface area (TPSA) is 12.0 Å². The van der Waals surface area contributed by atoms with E-state index in [0.717, 1.165) is 17.9 Å². The predicted molar refractivity (Wildman–Crippen MR) is 42.2 cm³/mol. The summed E-state index contributed by atoms with van der Waals surface area (Å²) in [6.45, 7) is -0.118. The van der Waals surface area contributed by atoms with E-state index in [2.05, 4.69) is 5.32 Å². The van der Waals surface area contributed by atoms with E-state index in [0.29, 0.717) is 0 Å². The summed E-state index contributed by atoms with van der Waals surface area (Å²) in [6, 6.07) is 0. The van der Waals surface area contributed by atoms with Crippen molar-refractivity contribution in [1.29, 1.82) is 0 Å². The second kappa shape index (κ2) is 2.33. The van der Waals surface area contributed by atoms with Crippen molar-refractivity contribution < 1.29 is 8.78 Å². The number of rotatable bonds is 0. The van der Waals surface area contributed by atoms with Crippen LogP contribution in [0.5, 0.6) is 0 Å². The van der Waals surface area contributed by atoms with Crippen molar-refractivity contribution >= 4 is 11.8 Å². The van der Waals surface area contributed by atoms with Crippen LogP contribution in [0, 0.1) is 0 Å². The molecule has 0 bridgehead atoms.